The van der Waals surface area contributed by atoms with Crippen LogP contribution in [0, 0.1) is 0 Å². The van der Waals surface area contributed by atoms with Crippen LogP contribution in [0.2, 0.25) is 0 Å². The molecule has 0 radical (unpaired) electrons. The zero-order valence-electron chi connectivity index (χ0n) is 14.9. The van der Waals surface area contributed by atoms with Crippen LogP contribution >= 0.6 is 24.0 Å². The topological polar surface area (TPSA) is 58.5 Å². The van der Waals surface area contributed by atoms with Crippen molar-refractivity contribution in [2.45, 2.75) is 64.5 Å². The summed E-state index contributed by atoms with van der Waals surface area (Å²) in [4.78, 5) is 8.58. The third-order valence-electron chi connectivity index (χ3n) is 4.15. The van der Waals surface area contributed by atoms with Gasteiger partial charge in [-0.3, -0.25) is 4.99 Å². The fraction of sp³-hybridized carbons (Fsp3) is 0.667. The number of rotatable bonds is 8. The first kappa shape index (κ1) is 21.0. The molecule has 136 valence electrons. The number of halogens is 1. The standard InChI is InChI=1S/C18H30N4O.HI/c1-3-4-7-11-21-18(19-2)22-14-15-10-12-20-17(13-15)23-16-8-5-6-9-16;/h10,12-13,16H,3-9,11,14H2,1-2H3,(H2,19,21,22);1H. The second-order valence-electron chi connectivity index (χ2n) is 6.09. The lowest BCUT2D eigenvalue weighted by Crippen LogP contribution is -2.37. The number of nitrogens with zero attached hydrogens (tertiary/aromatic N) is 2. The number of aromatic nitrogens is 1. The highest BCUT2D eigenvalue weighted by molar-refractivity contribution is 14.0. The van der Waals surface area contributed by atoms with Crippen molar-refractivity contribution < 1.29 is 4.74 Å². The zero-order valence-corrected chi connectivity index (χ0v) is 17.2. The van der Waals surface area contributed by atoms with E-state index in [4.69, 9.17) is 4.74 Å². The number of nitrogens with one attached hydrogen (secondary N) is 2. The maximum absolute atomic E-state index is 5.96. The van der Waals surface area contributed by atoms with Gasteiger partial charge in [0.2, 0.25) is 5.88 Å². The SMILES string of the molecule is CCCCCNC(=NC)NCc1ccnc(OC2CCCC2)c1.I. The minimum absolute atomic E-state index is 0. The summed E-state index contributed by atoms with van der Waals surface area (Å²) in [5, 5.41) is 6.68. The van der Waals surface area contributed by atoms with Gasteiger partial charge in [-0.15, -0.1) is 24.0 Å². The van der Waals surface area contributed by atoms with E-state index in [0.717, 1.165) is 43.3 Å². The van der Waals surface area contributed by atoms with Crippen LogP contribution in [0.25, 0.3) is 0 Å². The Bertz CT molecular complexity index is 490. The zero-order chi connectivity index (χ0) is 16.3. The summed E-state index contributed by atoms with van der Waals surface area (Å²) >= 11 is 0. The van der Waals surface area contributed by atoms with Gasteiger partial charge in [0, 0.05) is 32.4 Å². The Balaban J connectivity index is 0.00000288. The van der Waals surface area contributed by atoms with Crippen LogP contribution in [-0.2, 0) is 6.54 Å². The Morgan fingerprint density at radius 2 is 2.08 bits per heavy atom. The van der Waals surface area contributed by atoms with Gasteiger partial charge in [-0.05, 0) is 43.7 Å². The van der Waals surface area contributed by atoms with Crippen LogP contribution in [0.1, 0.15) is 57.4 Å². The average molecular weight is 446 g/mol. The molecule has 0 saturated heterocycles. The first-order valence-electron chi connectivity index (χ1n) is 8.88. The van der Waals surface area contributed by atoms with Crippen molar-refractivity contribution in [3.8, 4) is 5.88 Å². The van der Waals surface area contributed by atoms with E-state index in [1.807, 2.05) is 18.3 Å². The number of hydrogen-bond acceptors (Lipinski definition) is 3. The monoisotopic (exact) mass is 446 g/mol. The third-order valence-corrected chi connectivity index (χ3v) is 4.15. The molecule has 0 bridgehead atoms. The maximum Gasteiger partial charge on any atom is 0.213 e. The van der Waals surface area contributed by atoms with Gasteiger partial charge in [0.1, 0.15) is 6.10 Å². The van der Waals surface area contributed by atoms with Crippen LogP contribution in [0.4, 0.5) is 0 Å². The molecule has 0 unspecified atom stereocenters. The lowest BCUT2D eigenvalue weighted by atomic mass is 10.2. The Labute approximate surface area is 163 Å². The van der Waals surface area contributed by atoms with E-state index in [2.05, 4.69) is 27.5 Å². The number of pyridine rings is 1. The summed E-state index contributed by atoms with van der Waals surface area (Å²) < 4.78 is 5.96. The molecule has 2 N–H and O–H groups in total. The number of ether oxygens (including phenoxy) is 1. The molecule has 0 aliphatic heterocycles. The van der Waals surface area contributed by atoms with Gasteiger partial charge in [-0.2, -0.15) is 0 Å². The maximum atomic E-state index is 5.96. The molecular weight excluding hydrogens is 415 g/mol. The molecule has 6 heteroatoms. The molecule has 0 spiro atoms. The molecule has 1 aliphatic rings. The molecule has 0 amide bonds. The Morgan fingerprint density at radius 1 is 1.29 bits per heavy atom. The highest BCUT2D eigenvalue weighted by atomic mass is 127. The van der Waals surface area contributed by atoms with Gasteiger partial charge in [-0.1, -0.05) is 19.8 Å². The van der Waals surface area contributed by atoms with E-state index in [1.165, 1.54) is 32.1 Å². The van der Waals surface area contributed by atoms with Crippen LogP contribution in [0.15, 0.2) is 23.3 Å². The molecule has 0 aromatic carbocycles. The largest absolute Gasteiger partial charge is 0.474 e. The first-order valence-corrected chi connectivity index (χ1v) is 8.88. The molecule has 1 fully saturated rings. The highest BCUT2D eigenvalue weighted by Crippen LogP contribution is 2.23. The number of unbranched alkanes of at least 4 members (excludes halogenated alkanes) is 2. The van der Waals surface area contributed by atoms with Crippen molar-refractivity contribution in [2.75, 3.05) is 13.6 Å². The molecule has 5 nitrogen and oxygen atoms in total. The van der Waals surface area contributed by atoms with Crippen LogP contribution in [0.5, 0.6) is 5.88 Å². The van der Waals surface area contributed by atoms with Gasteiger partial charge in [0.05, 0.1) is 0 Å². The number of guanidine groups is 1. The van der Waals surface area contributed by atoms with E-state index < -0.39 is 0 Å². The van der Waals surface area contributed by atoms with E-state index in [-0.39, 0.29) is 24.0 Å². The first-order chi connectivity index (χ1) is 11.3. The number of aliphatic imine (C=N–C) groups is 1. The summed E-state index contributed by atoms with van der Waals surface area (Å²) in [7, 11) is 1.80. The Morgan fingerprint density at radius 3 is 2.79 bits per heavy atom. The smallest absolute Gasteiger partial charge is 0.213 e. The highest BCUT2D eigenvalue weighted by Gasteiger charge is 2.16. The molecule has 2 rings (SSSR count). The van der Waals surface area contributed by atoms with E-state index in [9.17, 15) is 0 Å². The Kier molecular flexibility index (Phi) is 10.8. The molecule has 1 saturated carbocycles. The van der Waals surface area contributed by atoms with Gasteiger partial charge < -0.3 is 15.4 Å². The van der Waals surface area contributed by atoms with Crippen molar-refractivity contribution >= 4 is 29.9 Å². The van der Waals surface area contributed by atoms with Gasteiger partial charge in [0.25, 0.3) is 0 Å². The van der Waals surface area contributed by atoms with E-state index >= 15 is 0 Å². The summed E-state index contributed by atoms with van der Waals surface area (Å²) in [6.45, 7) is 3.89. The normalized spacial score (nSPS) is 15.0. The van der Waals surface area contributed by atoms with Crippen molar-refractivity contribution in [3.63, 3.8) is 0 Å². The second kappa shape index (κ2) is 12.3. The summed E-state index contributed by atoms with van der Waals surface area (Å²) in [5.41, 5.74) is 1.16. The fourth-order valence-corrected chi connectivity index (χ4v) is 2.79. The van der Waals surface area contributed by atoms with Crippen molar-refractivity contribution in [1.29, 1.82) is 0 Å². The molecule has 1 heterocycles. The van der Waals surface area contributed by atoms with Crippen molar-refractivity contribution in [3.05, 3.63) is 23.9 Å². The quantitative estimate of drug-likeness (QED) is 0.276. The number of hydrogen-bond donors (Lipinski definition) is 2. The summed E-state index contributed by atoms with van der Waals surface area (Å²) in [6, 6.07) is 4.04. The van der Waals surface area contributed by atoms with Gasteiger partial charge >= 0.3 is 0 Å². The van der Waals surface area contributed by atoms with E-state index in [1.54, 1.807) is 7.05 Å². The molecule has 24 heavy (non-hydrogen) atoms. The lowest BCUT2D eigenvalue weighted by molar-refractivity contribution is 0.201. The van der Waals surface area contributed by atoms with Crippen LogP contribution in [-0.4, -0.2) is 30.6 Å². The predicted molar refractivity (Wildman–Crippen MR) is 110 cm³/mol. The third kappa shape index (κ3) is 7.68. The average Bonchev–Trinajstić information content (AvgIpc) is 3.07. The minimum atomic E-state index is 0. The van der Waals surface area contributed by atoms with Crippen molar-refractivity contribution in [2.24, 2.45) is 4.99 Å². The van der Waals surface area contributed by atoms with Crippen molar-refractivity contribution in [1.82, 2.24) is 15.6 Å². The Hall–Kier alpha value is -1.05. The second-order valence-corrected chi connectivity index (χ2v) is 6.09. The molecule has 1 aromatic rings. The minimum Gasteiger partial charge on any atom is -0.474 e. The summed E-state index contributed by atoms with van der Waals surface area (Å²) in [6.07, 6.45) is 10.7. The molecular formula is C18H31IN4O. The molecule has 1 aromatic heterocycles. The predicted octanol–water partition coefficient (Wildman–Crippen LogP) is 3.88. The lowest BCUT2D eigenvalue weighted by Gasteiger charge is -2.14. The fourth-order valence-electron chi connectivity index (χ4n) is 2.79. The van der Waals surface area contributed by atoms with Crippen LogP contribution < -0.4 is 15.4 Å². The molecule has 1 aliphatic carbocycles. The van der Waals surface area contributed by atoms with Gasteiger partial charge in [0.15, 0.2) is 5.96 Å². The van der Waals surface area contributed by atoms with Crippen LogP contribution in [0.3, 0.4) is 0 Å². The van der Waals surface area contributed by atoms with E-state index in [0.29, 0.717) is 6.10 Å². The molecule has 0 atom stereocenters. The summed E-state index contributed by atoms with van der Waals surface area (Å²) in [5.74, 6) is 1.58. The van der Waals surface area contributed by atoms with Gasteiger partial charge in [-0.25, -0.2) is 4.98 Å².